The molecule has 2 aromatic rings. The molecule has 6 nitrogen and oxygen atoms in total. The number of likely N-dealkylation sites (N-methyl/N-ethyl adjacent to an activating group) is 1. The first-order valence-electron chi connectivity index (χ1n) is 9.86. The number of benzene rings is 2. The van der Waals surface area contributed by atoms with Crippen molar-refractivity contribution in [3.63, 3.8) is 0 Å². The lowest BCUT2D eigenvalue weighted by molar-refractivity contribution is -0.119. The SMILES string of the molecule is CCN(CC(=O)N(CCC#N)c1cc(C)cc(C)c1)Cc1ccc2c(c1)OCO2. The second-order valence-corrected chi connectivity index (χ2v) is 7.29. The van der Waals surface area contributed by atoms with Gasteiger partial charge in [-0.3, -0.25) is 9.69 Å². The zero-order valence-corrected chi connectivity index (χ0v) is 17.3. The fraction of sp³-hybridized carbons (Fsp3) is 0.391. The van der Waals surface area contributed by atoms with E-state index in [1.54, 1.807) is 4.90 Å². The summed E-state index contributed by atoms with van der Waals surface area (Å²) < 4.78 is 10.8. The van der Waals surface area contributed by atoms with Crippen LogP contribution in [0.2, 0.25) is 0 Å². The van der Waals surface area contributed by atoms with Gasteiger partial charge in [-0.2, -0.15) is 5.26 Å². The highest BCUT2D eigenvalue weighted by Gasteiger charge is 2.20. The van der Waals surface area contributed by atoms with Crippen molar-refractivity contribution in [2.24, 2.45) is 0 Å². The van der Waals surface area contributed by atoms with Crippen LogP contribution in [-0.4, -0.2) is 37.2 Å². The molecule has 0 saturated carbocycles. The Balaban J connectivity index is 1.73. The largest absolute Gasteiger partial charge is 0.454 e. The van der Waals surface area contributed by atoms with Crippen molar-refractivity contribution >= 4 is 11.6 Å². The molecule has 0 radical (unpaired) electrons. The van der Waals surface area contributed by atoms with Gasteiger partial charge in [-0.05, 0) is 61.3 Å². The van der Waals surface area contributed by atoms with Gasteiger partial charge in [0, 0.05) is 18.8 Å². The molecular formula is C23H27N3O3. The topological polar surface area (TPSA) is 65.8 Å². The van der Waals surface area contributed by atoms with E-state index < -0.39 is 0 Å². The first-order valence-corrected chi connectivity index (χ1v) is 9.86. The maximum Gasteiger partial charge on any atom is 0.241 e. The van der Waals surface area contributed by atoms with E-state index in [4.69, 9.17) is 14.7 Å². The van der Waals surface area contributed by atoms with Gasteiger partial charge in [-0.25, -0.2) is 0 Å². The molecule has 0 bridgehead atoms. The number of nitrogens with zero attached hydrogens (tertiary/aromatic N) is 3. The molecular weight excluding hydrogens is 366 g/mol. The number of fused-ring (bicyclic) bond motifs is 1. The predicted molar refractivity (Wildman–Crippen MR) is 112 cm³/mol. The van der Waals surface area contributed by atoms with Crippen LogP contribution in [0.5, 0.6) is 11.5 Å². The zero-order valence-electron chi connectivity index (χ0n) is 17.3. The third-order valence-electron chi connectivity index (χ3n) is 4.92. The van der Waals surface area contributed by atoms with Gasteiger partial charge in [0.15, 0.2) is 11.5 Å². The Kier molecular flexibility index (Phi) is 6.73. The highest BCUT2D eigenvalue weighted by atomic mass is 16.7. The summed E-state index contributed by atoms with van der Waals surface area (Å²) in [4.78, 5) is 17.0. The summed E-state index contributed by atoms with van der Waals surface area (Å²) in [5.74, 6) is 1.49. The molecule has 3 rings (SSSR count). The van der Waals surface area contributed by atoms with Gasteiger partial charge in [0.25, 0.3) is 0 Å². The number of rotatable bonds is 8. The Morgan fingerprint density at radius 3 is 2.52 bits per heavy atom. The fourth-order valence-electron chi connectivity index (χ4n) is 3.52. The molecule has 152 valence electrons. The molecule has 1 amide bonds. The van der Waals surface area contributed by atoms with Crippen LogP contribution in [0.3, 0.4) is 0 Å². The molecule has 0 spiro atoms. The summed E-state index contributed by atoms with van der Waals surface area (Å²) in [6.07, 6.45) is 0.299. The quantitative estimate of drug-likeness (QED) is 0.682. The minimum atomic E-state index is -0.00663. The third-order valence-corrected chi connectivity index (χ3v) is 4.92. The van der Waals surface area contributed by atoms with Crippen molar-refractivity contribution in [2.45, 2.75) is 33.7 Å². The molecule has 2 aromatic carbocycles. The van der Waals surface area contributed by atoms with Crippen molar-refractivity contribution < 1.29 is 14.3 Å². The first-order chi connectivity index (χ1) is 14.0. The Labute approximate surface area is 172 Å². The van der Waals surface area contributed by atoms with E-state index >= 15 is 0 Å². The molecule has 0 N–H and O–H groups in total. The molecule has 1 aliphatic rings. The Morgan fingerprint density at radius 1 is 1.10 bits per heavy atom. The minimum Gasteiger partial charge on any atom is -0.454 e. The number of carbonyl (C=O) groups excluding carboxylic acids is 1. The van der Waals surface area contributed by atoms with Crippen LogP contribution in [0.4, 0.5) is 5.69 Å². The summed E-state index contributed by atoms with van der Waals surface area (Å²) in [6, 6.07) is 14.1. The molecule has 1 heterocycles. The lowest BCUT2D eigenvalue weighted by atomic mass is 10.1. The Bertz CT molecular complexity index is 900. The number of carbonyl (C=O) groups is 1. The van der Waals surface area contributed by atoms with Crippen LogP contribution < -0.4 is 14.4 Å². The summed E-state index contributed by atoms with van der Waals surface area (Å²) in [5.41, 5.74) is 4.12. The normalized spacial score (nSPS) is 12.1. The molecule has 0 saturated heterocycles. The van der Waals surface area contributed by atoms with Crippen LogP contribution in [0.15, 0.2) is 36.4 Å². The van der Waals surface area contributed by atoms with Crippen molar-refractivity contribution in [3.05, 3.63) is 53.1 Å². The number of hydrogen-bond acceptors (Lipinski definition) is 5. The summed E-state index contributed by atoms with van der Waals surface area (Å²) in [7, 11) is 0. The number of aryl methyl sites for hydroxylation is 2. The van der Waals surface area contributed by atoms with Crippen molar-refractivity contribution in [3.8, 4) is 17.6 Å². The van der Waals surface area contributed by atoms with E-state index in [9.17, 15) is 4.79 Å². The van der Waals surface area contributed by atoms with Crippen LogP contribution in [0, 0.1) is 25.2 Å². The van der Waals surface area contributed by atoms with E-state index in [-0.39, 0.29) is 19.2 Å². The zero-order chi connectivity index (χ0) is 20.8. The molecule has 29 heavy (non-hydrogen) atoms. The van der Waals surface area contributed by atoms with Crippen LogP contribution in [0.25, 0.3) is 0 Å². The molecule has 0 atom stereocenters. The third kappa shape index (κ3) is 5.27. The lowest BCUT2D eigenvalue weighted by Gasteiger charge is -2.27. The standard InChI is InChI=1S/C23H27N3O3/c1-4-25(14-19-6-7-21-22(13-19)29-16-28-21)15-23(27)26(9-5-8-24)20-11-17(2)10-18(3)12-20/h6-7,10-13H,4-5,9,14-16H2,1-3H3. The number of ether oxygens (including phenoxy) is 2. The molecule has 1 aliphatic heterocycles. The molecule has 0 aromatic heterocycles. The van der Waals surface area contributed by atoms with Crippen molar-refractivity contribution in [1.29, 1.82) is 5.26 Å². The predicted octanol–water partition coefficient (Wildman–Crippen LogP) is 3.80. The average Bonchev–Trinajstić information content (AvgIpc) is 3.15. The van der Waals surface area contributed by atoms with E-state index in [1.165, 1.54) is 0 Å². The first kappa shape index (κ1) is 20.7. The highest BCUT2D eigenvalue weighted by molar-refractivity contribution is 5.95. The smallest absolute Gasteiger partial charge is 0.241 e. The van der Waals surface area contributed by atoms with E-state index in [1.807, 2.05) is 51.1 Å². The van der Waals surface area contributed by atoms with Gasteiger partial charge >= 0.3 is 0 Å². The van der Waals surface area contributed by atoms with Crippen LogP contribution >= 0.6 is 0 Å². The number of hydrogen-bond donors (Lipinski definition) is 0. The number of nitriles is 1. The molecule has 0 fully saturated rings. The average molecular weight is 393 g/mol. The summed E-state index contributed by atoms with van der Waals surface area (Å²) in [6.45, 7) is 8.36. The van der Waals surface area contributed by atoms with E-state index in [0.29, 0.717) is 19.5 Å². The van der Waals surface area contributed by atoms with E-state index in [0.717, 1.165) is 40.4 Å². The van der Waals surface area contributed by atoms with Crippen LogP contribution in [0.1, 0.15) is 30.0 Å². The molecule has 0 unspecified atom stereocenters. The highest BCUT2D eigenvalue weighted by Crippen LogP contribution is 2.32. The Morgan fingerprint density at radius 2 is 1.83 bits per heavy atom. The van der Waals surface area contributed by atoms with Gasteiger partial charge in [0.05, 0.1) is 19.0 Å². The second-order valence-electron chi connectivity index (χ2n) is 7.29. The lowest BCUT2D eigenvalue weighted by Crippen LogP contribution is -2.40. The molecule has 6 heteroatoms. The molecule has 0 aliphatic carbocycles. The number of anilines is 1. The van der Waals surface area contributed by atoms with Gasteiger partial charge < -0.3 is 14.4 Å². The van der Waals surface area contributed by atoms with Crippen molar-refractivity contribution in [2.75, 3.05) is 31.3 Å². The van der Waals surface area contributed by atoms with Gasteiger partial charge in [0.1, 0.15) is 0 Å². The summed E-state index contributed by atoms with van der Waals surface area (Å²) >= 11 is 0. The summed E-state index contributed by atoms with van der Waals surface area (Å²) in [5, 5.41) is 9.03. The second kappa shape index (κ2) is 9.44. The number of amides is 1. The van der Waals surface area contributed by atoms with Gasteiger partial charge in [0.2, 0.25) is 12.7 Å². The minimum absolute atomic E-state index is 0.00663. The monoisotopic (exact) mass is 393 g/mol. The van der Waals surface area contributed by atoms with E-state index in [2.05, 4.69) is 17.0 Å². The van der Waals surface area contributed by atoms with Gasteiger partial charge in [-0.1, -0.05) is 19.1 Å². The maximum absolute atomic E-state index is 13.1. The van der Waals surface area contributed by atoms with Gasteiger partial charge in [-0.15, -0.1) is 0 Å². The fourth-order valence-corrected chi connectivity index (χ4v) is 3.52. The van der Waals surface area contributed by atoms with Crippen LogP contribution in [-0.2, 0) is 11.3 Å². The Hall–Kier alpha value is -3.04. The van der Waals surface area contributed by atoms with Crippen molar-refractivity contribution in [1.82, 2.24) is 4.90 Å². The maximum atomic E-state index is 13.1.